The van der Waals surface area contributed by atoms with Gasteiger partial charge in [0.2, 0.25) is 0 Å². The summed E-state index contributed by atoms with van der Waals surface area (Å²) in [4.78, 5) is 0. The number of halogens is 1. The van der Waals surface area contributed by atoms with Gasteiger partial charge in [-0.2, -0.15) is 0 Å². The third kappa shape index (κ3) is 3.05. The molecule has 2 rings (SSSR count). The average Bonchev–Trinajstić information content (AvgIpc) is 2.79. The van der Waals surface area contributed by atoms with Gasteiger partial charge in [-0.25, -0.2) is 4.39 Å². The molecule has 2 unspecified atom stereocenters. The number of benzene rings is 1. The summed E-state index contributed by atoms with van der Waals surface area (Å²) in [6.07, 6.45) is 4.45. The molecule has 1 aromatic carbocycles. The Kier molecular flexibility index (Phi) is 4.13. The first-order valence-corrected chi connectivity index (χ1v) is 6.34. The molecule has 3 heteroatoms. The van der Waals surface area contributed by atoms with E-state index in [0.717, 1.165) is 12.8 Å². The monoisotopic (exact) mass is 237 g/mol. The van der Waals surface area contributed by atoms with Gasteiger partial charge in [0.15, 0.2) is 0 Å². The highest BCUT2D eigenvalue weighted by molar-refractivity contribution is 5.21. The Bertz CT molecular complexity index is 361. The lowest BCUT2D eigenvalue weighted by molar-refractivity contribution is -0.0219. The second-order valence-electron chi connectivity index (χ2n) is 4.84. The third-order valence-electron chi connectivity index (χ3n) is 3.33. The summed E-state index contributed by atoms with van der Waals surface area (Å²) in [6, 6.07) is 6.53. The normalized spacial score (nSPS) is 20.4. The van der Waals surface area contributed by atoms with Gasteiger partial charge in [0.1, 0.15) is 11.9 Å². The van der Waals surface area contributed by atoms with Crippen LogP contribution in [0.15, 0.2) is 24.3 Å². The summed E-state index contributed by atoms with van der Waals surface area (Å²) < 4.78 is 19.7. The van der Waals surface area contributed by atoms with Crippen LogP contribution in [0, 0.1) is 5.82 Å². The number of hydrogen-bond donors (Lipinski definition) is 1. The zero-order valence-electron chi connectivity index (χ0n) is 10.2. The van der Waals surface area contributed by atoms with Gasteiger partial charge in [-0.3, -0.25) is 0 Å². The molecule has 0 heterocycles. The van der Waals surface area contributed by atoms with Gasteiger partial charge in [0.25, 0.3) is 0 Å². The summed E-state index contributed by atoms with van der Waals surface area (Å²) in [6.45, 7) is 1.87. The van der Waals surface area contributed by atoms with Gasteiger partial charge in [-0.05, 0) is 25.8 Å². The molecule has 0 amide bonds. The van der Waals surface area contributed by atoms with Crippen LogP contribution in [0.4, 0.5) is 4.39 Å². The molecular weight excluding hydrogens is 217 g/mol. The smallest absolute Gasteiger partial charge is 0.129 e. The lowest BCUT2D eigenvalue weighted by atomic mass is 10.0. The number of hydrogen-bond acceptors (Lipinski definition) is 2. The fraction of sp³-hybridized carbons (Fsp3) is 0.571. The molecule has 0 aliphatic heterocycles. The highest BCUT2D eigenvalue weighted by Crippen LogP contribution is 2.30. The van der Waals surface area contributed by atoms with Crippen LogP contribution in [0.2, 0.25) is 0 Å². The number of ether oxygens (including phenoxy) is 1. The summed E-state index contributed by atoms with van der Waals surface area (Å²) in [5, 5.41) is 0. The summed E-state index contributed by atoms with van der Waals surface area (Å²) in [5.74, 6) is -0.229. The molecular formula is C14H20FNO. The van der Waals surface area contributed by atoms with E-state index < -0.39 is 0 Å². The highest BCUT2D eigenvalue weighted by atomic mass is 19.1. The van der Waals surface area contributed by atoms with Crippen LogP contribution in [-0.2, 0) is 4.74 Å². The third-order valence-corrected chi connectivity index (χ3v) is 3.33. The molecule has 2 N–H and O–H groups in total. The van der Waals surface area contributed by atoms with Crippen LogP contribution < -0.4 is 5.73 Å². The Balaban J connectivity index is 2.14. The zero-order valence-corrected chi connectivity index (χ0v) is 10.2. The first-order valence-electron chi connectivity index (χ1n) is 6.34. The Morgan fingerprint density at radius 2 is 1.94 bits per heavy atom. The molecule has 2 nitrogen and oxygen atoms in total. The minimum absolute atomic E-state index is 0.201. The first kappa shape index (κ1) is 12.5. The molecule has 0 spiro atoms. The van der Waals surface area contributed by atoms with Crippen molar-refractivity contribution in [2.75, 3.05) is 0 Å². The molecule has 1 aliphatic carbocycles. The molecule has 1 aromatic rings. The van der Waals surface area contributed by atoms with Crippen molar-refractivity contribution in [1.82, 2.24) is 0 Å². The van der Waals surface area contributed by atoms with Gasteiger partial charge in [-0.15, -0.1) is 0 Å². The van der Waals surface area contributed by atoms with E-state index in [1.165, 1.54) is 18.9 Å². The molecule has 1 fully saturated rings. The lowest BCUT2D eigenvalue weighted by Gasteiger charge is -2.25. The molecule has 0 bridgehead atoms. The van der Waals surface area contributed by atoms with Gasteiger partial charge < -0.3 is 10.5 Å². The van der Waals surface area contributed by atoms with Crippen molar-refractivity contribution in [2.45, 2.75) is 50.9 Å². The SMILES string of the molecule is CC(N)C(OC1CCCC1)c1ccccc1F. The largest absolute Gasteiger partial charge is 0.369 e. The maximum absolute atomic E-state index is 13.7. The van der Waals surface area contributed by atoms with Crippen LogP contribution in [0.3, 0.4) is 0 Å². The summed E-state index contributed by atoms with van der Waals surface area (Å²) in [7, 11) is 0. The summed E-state index contributed by atoms with van der Waals surface area (Å²) >= 11 is 0. The fourth-order valence-corrected chi connectivity index (χ4v) is 2.42. The van der Waals surface area contributed by atoms with Crippen LogP contribution in [0.25, 0.3) is 0 Å². The second kappa shape index (κ2) is 5.61. The van der Waals surface area contributed by atoms with Crippen molar-refractivity contribution < 1.29 is 9.13 Å². The van der Waals surface area contributed by atoms with Gasteiger partial charge in [0, 0.05) is 11.6 Å². The van der Waals surface area contributed by atoms with Crippen molar-refractivity contribution in [3.63, 3.8) is 0 Å². The number of nitrogens with two attached hydrogens (primary N) is 1. The van der Waals surface area contributed by atoms with Crippen LogP contribution >= 0.6 is 0 Å². The zero-order chi connectivity index (χ0) is 12.3. The van der Waals surface area contributed by atoms with Crippen molar-refractivity contribution in [3.05, 3.63) is 35.6 Å². The standard InChI is InChI=1S/C14H20FNO/c1-10(16)14(17-11-6-2-3-7-11)12-8-4-5-9-13(12)15/h4-5,8-11,14H,2-3,6-7,16H2,1H3. The van der Waals surface area contributed by atoms with Crippen molar-refractivity contribution >= 4 is 0 Å². The summed E-state index contributed by atoms with van der Waals surface area (Å²) in [5.41, 5.74) is 6.50. The molecule has 0 aromatic heterocycles. The quantitative estimate of drug-likeness (QED) is 0.873. The van der Waals surface area contributed by atoms with E-state index in [2.05, 4.69) is 0 Å². The average molecular weight is 237 g/mol. The minimum Gasteiger partial charge on any atom is -0.369 e. The van der Waals surface area contributed by atoms with Crippen molar-refractivity contribution in [1.29, 1.82) is 0 Å². The highest BCUT2D eigenvalue weighted by Gasteiger charge is 2.25. The van der Waals surface area contributed by atoms with E-state index >= 15 is 0 Å². The van der Waals surface area contributed by atoms with Crippen LogP contribution in [0.5, 0.6) is 0 Å². The molecule has 0 saturated heterocycles. The van der Waals surface area contributed by atoms with E-state index in [0.29, 0.717) is 5.56 Å². The lowest BCUT2D eigenvalue weighted by Crippen LogP contribution is -2.30. The van der Waals surface area contributed by atoms with Crippen molar-refractivity contribution in [3.8, 4) is 0 Å². The van der Waals surface area contributed by atoms with Crippen LogP contribution in [-0.4, -0.2) is 12.1 Å². The maximum atomic E-state index is 13.7. The maximum Gasteiger partial charge on any atom is 0.129 e. The topological polar surface area (TPSA) is 35.2 Å². The predicted octanol–water partition coefficient (Wildman–Crippen LogP) is 3.17. The van der Waals surface area contributed by atoms with Crippen molar-refractivity contribution in [2.24, 2.45) is 5.73 Å². The first-order chi connectivity index (χ1) is 8.18. The molecule has 1 aliphatic rings. The second-order valence-corrected chi connectivity index (χ2v) is 4.84. The Labute approximate surface area is 102 Å². The van der Waals surface area contributed by atoms with Gasteiger partial charge >= 0.3 is 0 Å². The van der Waals surface area contributed by atoms with E-state index in [9.17, 15) is 4.39 Å². The van der Waals surface area contributed by atoms with E-state index in [-0.39, 0.29) is 24.1 Å². The van der Waals surface area contributed by atoms with Gasteiger partial charge in [-0.1, -0.05) is 31.0 Å². The molecule has 94 valence electrons. The van der Waals surface area contributed by atoms with E-state index in [1.807, 2.05) is 13.0 Å². The van der Waals surface area contributed by atoms with E-state index in [4.69, 9.17) is 10.5 Å². The van der Waals surface area contributed by atoms with Gasteiger partial charge in [0.05, 0.1) is 6.10 Å². The predicted molar refractivity (Wildman–Crippen MR) is 66.1 cm³/mol. The fourth-order valence-electron chi connectivity index (χ4n) is 2.42. The minimum atomic E-state index is -0.334. The molecule has 1 saturated carbocycles. The Morgan fingerprint density at radius 3 is 2.53 bits per heavy atom. The number of rotatable bonds is 4. The molecule has 2 atom stereocenters. The molecule has 17 heavy (non-hydrogen) atoms. The van der Waals surface area contributed by atoms with E-state index in [1.54, 1.807) is 12.1 Å². The Morgan fingerprint density at radius 1 is 1.29 bits per heavy atom. The Hall–Kier alpha value is -0.930. The molecule has 0 radical (unpaired) electrons. The van der Waals surface area contributed by atoms with Crippen LogP contribution in [0.1, 0.15) is 44.3 Å².